The molecular weight excluding hydrogens is 300 g/mol. The fourth-order valence-electron chi connectivity index (χ4n) is 5.51. The second-order valence-electron chi connectivity index (χ2n) is 8.80. The Bertz CT molecular complexity index is 472. The minimum atomic E-state index is 0.170. The summed E-state index contributed by atoms with van der Waals surface area (Å²) in [6.45, 7) is 6.80. The van der Waals surface area contributed by atoms with Gasteiger partial charge in [-0.1, -0.05) is 26.0 Å². The summed E-state index contributed by atoms with van der Waals surface area (Å²) in [5.41, 5.74) is 0.170. The Balaban J connectivity index is 1.50. The molecule has 0 aromatic heterocycles. The van der Waals surface area contributed by atoms with Gasteiger partial charge in [-0.05, 0) is 63.2 Å². The summed E-state index contributed by atoms with van der Waals surface area (Å²) in [7, 11) is 1.80. The second kappa shape index (κ2) is 7.17. The van der Waals surface area contributed by atoms with Crippen molar-refractivity contribution in [2.75, 3.05) is 7.11 Å². The predicted molar refractivity (Wildman–Crippen MR) is 96.2 cm³/mol. The zero-order valence-corrected chi connectivity index (χ0v) is 15.8. The number of carbonyl (C=O) groups excluding carboxylic acids is 1. The molecule has 3 unspecified atom stereocenters. The van der Waals surface area contributed by atoms with Crippen molar-refractivity contribution in [3.63, 3.8) is 0 Å². The fourth-order valence-corrected chi connectivity index (χ4v) is 5.51. The number of hydroxylamine groups is 2. The minimum absolute atomic E-state index is 0.170. The number of nitrogens with one attached hydrogen (secondary N) is 1. The third-order valence-electron chi connectivity index (χ3n) is 6.34. The Labute approximate surface area is 147 Å². The smallest absolute Gasteiger partial charge is 0.224 e. The maximum absolute atomic E-state index is 12.3. The van der Waals surface area contributed by atoms with Gasteiger partial charge < -0.3 is 10.2 Å². The molecule has 4 nitrogen and oxygen atoms in total. The van der Waals surface area contributed by atoms with E-state index in [0.29, 0.717) is 30.3 Å². The van der Waals surface area contributed by atoms with Crippen LogP contribution in [0.1, 0.15) is 65.7 Å². The summed E-state index contributed by atoms with van der Waals surface area (Å²) in [5.74, 6) is 2.16. The molecule has 5 atom stereocenters. The molecule has 2 aliphatic carbocycles. The number of amides is 1. The van der Waals surface area contributed by atoms with Crippen LogP contribution in [-0.2, 0) is 9.63 Å². The number of rotatable bonds is 7. The molecule has 0 radical (unpaired) electrons. The van der Waals surface area contributed by atoms with E-state index in [9.17, 15) is 4.79 Å². The molecule has 2 saturated carbocycles. The highest BCUT2D eigenvalue weighted by atomic mass is 16.7. The highest BCUT2D eigenvalue weighted by Gasteiger charge is 2.58. The maximum Gasteiger partial charge on any atom is 0.224 e. The fraction of sp³-hybridized carbons (Fsp3) is 0.850. The first-order valence-corrected chi connectivity index (χ1v) is 9.71. The number of allylic oxidation sites excluding steroid dienone is 1. The van der Waals surface area contributed by atoms with Crippen molar-refractivity contribution in [3.05, 3.63) is 12.2 Å². The van der Waals surface area contributed by atoms with Crippen LogP contribution in [0.5, 0.6) is 0 Å². The highest BCUT2D eigenvalue weighted by molar-refractivity contribution is 5.77. The van der Waals surface area contributed by atoms with Crippen LogP contribution in [0.3, 0.4) is 0 Å². The molecule has 1 N–H and O–H groups in total. The summed E-state index contributed by atoms with van der Waals surface area (Å²) in [6, 6.07) is 0.923. The topological polar surface area (TPSA) is 41.6 Å². The summed E-state index contributed by atoms with van der Waals surface area (Å²) in [4.78, 5) is 18.0. The molecule has 1 amide bonds. The molecule has 2 saturated heterocycles. The molecule has 0 spiro atoms. The maximum atomic E-state index is 12.3. The molecule has 24 heavy (non-hydrogen) atoms. The van der Waals surface area contributed by atoms with Crippen LogP contribution in [0.25, 0.3) is 0 Å². The van der Waals surface area contributed by atoms with Crippen LogP contribution in [0.4, 0.5) is 0 Å². The van der Waals surface area contributed by atoms with Crippen LogP contribution in [-0.4, -0.2) is 35.7 Å². The molecule has 4 fully saturated rings. The predicted octanol–water partition coefficient (Wildman–Crippen LogP) is 3.68. The van der Waals surface area contributed by atoms with Crippen LogP contribution >= 0.6 is 0 Å². The first-order valence-electron chi connectivity index (χ1n) is 9.71. The third kappa shape index (κ3) is 3.55. The zero-order valence-electron chi connectivity index (χ0n) is 15.8. The van der Waals surface area contributed by atoms with E-state index in [0.717, 1.165) is 38.0 Å². The largest absolute Gasteiger partial charge is 0.353 e. The van der Waals surface area contributed by atoms with Crippen LogP contribution in [0.2, 0.25) is 0 Å². The van der Waals surface area contributed by atoms with Crippen LogP contribution < -0.4 is 5.32 Å². The monoisotopic (exact) mass is 334 g/mol. The Kier molecular flexibility index (Phi) is 5.36. The molecular formula is C20H34N2O2. The molecule has 4 heteroatoms. The number of hydrogen-bond acceptors (Lipinski definition) is 3. The lowest BCUT2D eigenvalue weighted by Crippen LogP contribution is -2.70. The van der Waals surface area contributed by atoms with Gasteiger partial charge in [0.2, 0.25) is 5.91 Å². The van der Waals surface area contributed by atoms with Gasteiger partial charge in [-0.3, -0.25) is 4.79 Å². The first kappa shape index (κ1) is 17.9. The van der Waals surface area contributed by atoms with E-state index in [1.165, 1.54) is 6.42 Å². The SMILES string of the molecule is CON1C2C[C@@H]3CC1(C)C[C@H](C2)C3NC(=O)C/C=C/CCC(C)C. The standard InChI is InChI=1S/C20H34N2O2/c1-14(2)8-6-5-7-9-18(23)21-19-15-10-17-11-16(19)13-20(3,12-15)22(17)24-4/h5,7,14-17,19H,6,8-13H2,1-4H3,(H,21,23)/b7-5+/t15-,16+,17?,19?,20?. The normalized spacial score (nSPS) is 38.4. The van der Waals surface area contributed by atoms with E-state index in [1.54, 1.807) is 7.11 Å². The van der Waals surface area contributed by atoms with Gasteiger partial charge in [0.25, 0.3) is 0 Å². The Morgan fingerprint density at radius 1 is 1.29 bits per heavy atom. The summed E-state index contributed by atoms with van der Waals surface area (Å²) in [6.07, 6.45) is 11.6. The zero-order chi connectivity index (χ0) is 17.3. The first-order chi connectivity index (χ1) is 11.4. The highest BCUT2D eigenvalue weighted by Crippen LogP contribution is 2.54. The molecule has 4 bridgehead atoms. The summed E-state index contributed by atoms with van der Waals surface area (Å²) >= 11 is 0. The number of carbonyl (C=O) groups is 1. The second-order valence-corrected chi connectivity index (χ2v) is 8.80. The van der Waals surface area contributed by atoms with Crippen molar-refractivity contribution < 1.29 is 9.63 Å². The van der Waals surface area contributed by atoms with E-state index in [4.69, 9.17) is 4.84 Å². The van der Waals surface area contributed by atoms with Gasteiger partial charge in [-0.15, -0.1) is 0 Å². The lowest BCUT2D eigenvalue weighted by molar-refractivity contribution is -0.291. The van der Waals surface area contributed by atoms with E-state index < -0.39 is 0 Å². The Morgan fingerprint density at radius 2 is 1.96 bits per heavy atom. The molecule has 2 heterocycles. The number of piperidine rings is 2. The Morgan fingerprint density at radius 3 is 2.50 bits per heavy atom. The molecule has 4 rings (SSSR count). The molecule has 136 valence electrons. The van der Waals surface area contributed by atoms with Crippen molar-refractivity contribution in [3.8, 4) is 0 Å². The number of hydrogen-bond donors (Lipinski definition) is 1. The average Bonchev–Trinajstić information content (AvgIpc) is 2.48. The van der Waals surface area contributed by atoms with Crippen LogP contribution in [0.15, 0.2) is 12.2 Å². The summed E-state index contributed by atoms with van der Waals surface area (Å²) < 4.78 is 0. The minimum Gasteiger partial charge on any atom is -0.353 e. The van der Waals surface area contributed by atoms with Crippen molar-refractivity contribution in [2.45, 2.75) is 83.3 Å². The van der Waals surface area contributed by atoms with Crippen molar-refractivity contribution in [1.82, 2.24) is 10.4 Å². The molecule has 4 aliphatic rings. The molecule has 2 aliphatic heterocycles. The Hall–Kier alpha value is -0.870. The van der Waals surface area contributed by atoms with Gasteiger partial charge in [0.05, 0.1) is 7.11 Å². The lowest BCUT2D eigenvalue weighted by atomic mass is 9.56. The lowest BCUT2D eigenvalue weighted by Gasteiger charge is -2.63. The van der Waals surface area contributed by atoms with Gasteiger partial charge >= 0.3 is 0 Å². The van der Waals surface area contributed by atoms with Crippen molar-refractivity contribution >= 4 is 5.91 Å². The van der Waals surface area contributed by atoms with E-state index >= 15 is 0 Å². The van der Waals surface area contributed by atoms with Crippen molar-refractivity contribution in [1.29, 1.82) is 0 Å². The van der Waals surface area contributed by atoms with Gasteiger partial charge in [-0.2, -0.15) is 5.06 Å². The van der Waals surface area contributed by atoms with E-state index in [1.807, 2.05) is 6.08 Å². The quantitative estimate of drug-likeness (QED) is 0.722. The van der Waals surface area contributed by atoms with E-state index in [-0.39, 0.29) is 11.4 Å². The van der Waals surface area contributed by atoms with Gasteiger partial charge in [0.1, 0.15) is 0 Å². The van der Waals surface area contributed by atoms with E-state index in [2.05, 4.69) is 37.2 Å². The van der Waals surface area contributed by atoms with Gasteiger partial charge in [0.15, 0.2) is 0 Å². The average molecular weight is 335 g/mol. The molecule has 0 aromatic rings. The molecule has 0 aromatic carbocycles. The van der Waals surface area contributed by atoms with Gasteiger partial charge in [-0.25, -0.2) is 0 Å². The summed E-state index contributed by atoms with van der Waals surface area (Å²) in [5, 5.41) is 5.61. The van der Waals surface area contributed by atoms with Crippen molar-refractivity contribution in [2.24, 2.45) is 17.8 Å². The van der Waals surface area contributed by atoms with Gasteiger partial charge in [0, 0.05) is 24.0 Å². The third-order valence-corrected chi connectivity index (χ3v) is 6.34. The number of nitrogens with zero attached hydrogens (tertiary/aromatic N) is 1. The van der Waals surface area contributed by atoms with Crippen LogP contribution in [0, 0.1) is 17.8 Å².